The van der Waals surface area contributed by atoms with Gasteiger partial charge in [0.1, 0.15) is 11.5 Å². The quantitative estimate of drug-likeness (QED) is 0.435. The molecule has 31 heavy (non-hydrogen) atoms. The molecule has 0 radical (unpaired) electrons. The van der Waals surface area contributed by atoms with Gasteiger partial charge in [-0.2, -0.15) is 0 Å². The zero-order valence-corrected chi connectivity index (χ0v) is 17.8. The SMILES string of the molecule is CCc1ccc(-c2cc(NC(=O)Cc3csc(NC(=O)c4ccoc4C)n3)on2)cc1. The van der Waals surface area contributed by atoms with Crippen LogP contribution in [0, 0.1) is 6.92 Å². The summed E-state index contributed by atoms with van der Waals surface area (Å²) in [5.41, 5.74) is 3.77. The Morgan fingerprint density at radius 2 is 1.94 bits per heavy atom. The van der Waals surface area contributed by atoms with Crippen molar-refractivity contribution in [1.29, 1.82) is 0 Å². The molecule has 0 aliphatic carbocycles. The number of thiazole rings is 1. The molecule has 0 saturated heterocycles. The number of aromatic nitrogens is 2. The highest BCUT2D eigenvalue weighted by Gasteiger charge is 2.15. The van der Waals surface area contributed by atoms with Gasteiger partial charge in [0.2, 0.25) is 11.8 Å². The number of anilines is 2. The van der Waals surface area contributed by atoms with Gasteiger partial charge in [0.15, 0.2) is 5.13 Å². The molecule has 0 saturated carbocycles. The van der Waals surface area contributed by atoms with Crippen LogP contribution in [-0.2, 0) is 17.6 Å². The smallest absolute Gasteiger partial charge is 0.260 e. The van der Waals surface area contributed by atoms with E-state index < -0.39 is 0 Å². The number of aryl methyl sites for hydroxylation is 2. The third-order valence-electron chi connectivity index (χ3n) is 4.65. The lowest BCUT2D eigenvalue weighted by molar-refractivity contribution is -0.115. The lowest BCUT2D eigenvalue weighted by atomic mass is 10.1. The van der Waals surface area contributed by atoms with E-state index in [4.69, 9.17) is 8.94 Å². The van der Waals surface area contributed by atoms with Crippen molar-refractivity contribution >= 4 is 34.2 Å². The summed E-state index contributed by atoms with van der Waals surface area (Å²) in [5, 5.41) is 11.5. The van der Waals surface area contributed by atoms with Crippen molar-refractivity contribution in [3.8, 4) is 11.3 Å². The summed E-state index contributed by atoms with van der Waals surface area (Å²) in [6.07, 6.45) is 2.46. The summed E-state index contributed by atoms with van der Waals surface area (Å²) in [6, 6.07) is 11.3. The van der Waals surface area contributed by atoms with E-state index in [0.717, 1.165) is 12.0 Å². The number of carbonyl (C=O) groups excluding carboxylic acids is 2. The molecule has 0 unspecified atom stereocenters. The number of nitrogens with zero attached hydrogens (tertiary/aromatic N) is 2. The molecule has 9 heteroatoms. The van der Waals surface area contributed by atoms with E-state index >= 15 is 0 Å². The monoisotopic (exact) mass is 436 g/mol. The molecule has 0 fully saturated rings. The zero-order valence-electron chi connectivity index (χ0n) is 17.0. The van der Waals surface area contributed by atoms with Crippen LogP contribution < -0.4 is 10.6 Å². The lowest BCUT2D eigenvalue weighted by Crippen LogP contribution is -2.15. The molecule has 158 valence electrons. The third kappa shape index (κ3) is 4.89. The highest BCUT2D eigenvalue weighted by atomic mass is 32.1. The van der Waals surface area contributed by atoms with E-state index in [1.165, 1.54) is 23.2 Å². The van der Waals surface area contributed by atoms with E-state index in [1.807, 2.05) is 24.3 Å². The number of hydrogen-bond acceptors (Lipinski definition) is 7. The number of rotatable bonds is 7. The van der Waals surface area contributed by atoms with Gasteiger partial charge in [-0.1, -0.05) is 36.3 Å². The molecule has 0 aliphatic rings. The van der Waals surface area contributed by atoms with Gasteiger partial charge in [-0.25, -0.2) is 4.98 Å². The molecule has 2 amide bonds. The van der Waals surface area contributed by atoms with Crippen molar-refractivity contribution in [2.75, 3.05) is 10.6 Å². The average Bonchev–Trinajstić information content (AvgIpc) is 3.50. The van der Waals surface area contributed by atoms with E-state index in [1.54, 1.807) is 24.4 Å². The molecule has 3 heterocycles. The summed E-state index contributed by atoms with van der Waals surface area (Å²) in [5.74, 6) is 0.191. The van der Waals surface area contributed by atoms with Gasteiger partial charge >= 0.3 is 0 Å². The minimum Gasteiger partial charge on any atom is -0.469 e. The number of furan rings is 1. The van der Waals surface area contributed by atoms with Crippen molar-refractivity contribution < 1.29 is 18.5 Å². The van der Waals surface area contributed by atoms with E-state index in [0.29, 0.717) is 27.8 Å². The van der Waals surface area contributed by atoms with Crippen molar-refractivity contribution in [1.82, 2.24) is 10.1 Å². The molecule has 8 nitrogen and oxygen atoms in total. The third-order valence-corrected chi connectivity index (χ3v) is 5.45. The van der Waals surface area contributed by atoms with Gasteiger partial charge in [0, 0.05) is 17.0 Å². The molecule has 1 aromatic carbocycles. The van der Waals surface area contributed by atoms with Gasteiger partial charge in [0.25, 0.3) is 5.91 Å². The minimum atomic E-state index is -0.308. The normalized spacial score (nSPS) is 10.8. The predicted molar refractivity (Wildman–Crippen MR) is 117 cm³/mol. The minimum absolute atomic E-state index is 0.0400. The Kier molecular flexibility index (Phi) is 5.94. The molecule has 4 rings (SSSR count). The van der Waals surface area contributed by atoms with Crippen LogP contribution in [0.3, 0.4) is 0 Å². The van der Waals surface area contributed by atoms with Gasteiger partial charge in [0.05, 0.1) is 23.9 Å². The van der Waals surface area contributed by atoms with Crippen LogP contribution in [0.25, 0.3) is 11.3 Å². The second-order valence-electron chi connectivity index (χ2n) is 6.84. The molecule has 3 aromatic heterocycles. The van der Waals surface area contributed by atoms with Gasteiger partial charge < -0.3 is 8.94 Å². The highest BCUT2D eigenvalue weighted by molar-refractivity contribution is 7.14. The average molecular weight is 436 g/mol. The number of nitrogens with one attached hydrogen (secondary N) is 2. The first-order valence-electron chi connectivity index (χ1n) is 9.67. The summed E-state index contributed by atoms with van der Waals surface area (Å²) in [7, 11) is 0. The van der Waals surface area contributed by atoms with E-state index in [-0.39, 0.29) is 24.1 Å². The fourth-order valence-electron chi connectivity index (χ4n) is 2.96. The Hall–Kier alpha value is -3.72. The summed E-state index contributed by atoms with van der Waals surface area (Å²) < 4.78 is 10.4. The summed E-state index contributed by atoms with van der Waals surface area (Å²) in [4.78, 5) is 28.9. The second-order valence-corrected chi connectivity index (χ2v) is 7.70. The number of carbonyl (C=O) groups is 2. The Morgan fingerprint density at radius 3 is 2.65 bits per heavy atom. The second kappa shape index (κ2) is 8.97. The summed E-state index contributed by atoms with van der Waals surface area (Å²) in [6.45, 7) is 3.81. The number of benzene rings is 1. The van der Waals surface area contributed by atoms with Crippen LogP contribution >= 0.6 is 11.3 Å². The lowest BCUT2D eigenvalue weighted by Gasteiger charge is -2.00. The molecule has 0 aliphatic heterocycles. The topological polar surface area (TPSA) is 110 Å². The van der Waals surface area contributed by atoms with Crippen LogP contribution in [0.4, 0.5) is 11.0 Å². The van der Waals surface area contributed by atoms with Crippen molar-refractivity contribution in [2.24, 2.45) is 0 Å². The first kappa shape index (κ1) is 20.5. The van der Waals surface area contributed by atoms with Crippen LogP contribution in [0.15, 0.2) is 57.0 Å². The molecule has 0 spiro atoms. The number of hydrogen-bond donors (Lipinski definition) is 2. The maximum Gasteiger partial charge on any atom is 0.260 e. The van der Waals surface area contributed by atoms with Gasteiger partial charge in [-0.3, -0.25) is 20.2 Å². The Balaban J connectivity index is 1.33. The van der Waals surface area contributed by atoms with Crippen LogP contribution in [-0.4, -0.2) is 22.0 Å². The first-order chi connectivity index (χ1) is 15.0. The molecule has 2 N–H and O–H groups in total. The molecule has 0 atom stereocenters. The molecular formula is C22H20N4O4S. The van der Waals surface area contributed by atoms with Gasteiger partial charge in [-0.15, -0.1) is 11.3 Å². The van der Waals surface area contributed by atoms with E-state index in [2.05, 4.69) is 27.7 Å². The fourth-order valence-corrected chi connectivity index (χ4v) is 3.66. The van der Waals surface area contributed by atoms with Crippen LogP contribution in [0.5, 0.6) is 0 Å². The predicted octanol–water partition coefficient (Wildman–Crippen LogP) is 4.70. The van der Waals surface area contributed by atoms with Gasteiger partial charge in [-0.05, 0) is 25.0 Å². The maximum atomic E-state index is 12.3. The van der Waals surface area contributed by atoms with E-state index in [9.17, 15) is 9.59 Å². The van der Waals surface area contributed by atoms with Crippen molar-refractivity contribution in [2.45, 2.75) is 26.7 Å². The largest absolute Gasteiger partial charge is 0.469 e. The first-order valence-corrected chi connectivity index (χ1v) is 10.6. The summed E-state index contributed by atoms with van der Waals surface area (Å²) >= 11 is 1.24. The van der Waals surface area contributed by atoms with Crippen molar-refractivity contribution in [3.63, 3.8) is 0 Å². The Morgan fingerprint density at radius 1 is 1.13 bits per heavy atom. The molecule has 0 bridgehead atoms. The Bertz CT molecular complexity index is 1210. The number of amides is 2. The zero-order chi connectivity index (χ0) is 21.8. The Labute approximate surface area is 182 Å². The standard InChI is InChI=1S/C22H20N4O4S/c1-3-14-4-6-15(7-5-14)18-11-20(30-26-18)24-19(27)10-16-12-31-22(23-16)25-21(28)17-8-9-29-13(17)2/h4-9,11-12H,3,10H2,1-2H3,(H,24,27)(H,23,25,28). The maximum absolute atomic E-state index is 12.3. The molecular weight excluding hydrogens is 416 g/mol. The highest BCUT2D eigenvalue weighted by Crippen LogP contribution is 2.23. The fraction of sp³-hybridized carbons (Fsp3) is 0.182. The van der Waals surface area contributed by atoms with Crippen LogP contribution in [0.2, 0.25) is 0 Å². The van der Waals surface area contributed by atoms with Crippen LogP contribution in [0.1, 0.15) is 34.3 Å². The molecule has 4 aromatic rings. The van der Waals surface area contributed by atoms with Crippen molar-refractivity contribution in [3.05, 3.63) is 70.6 Å².